The van der Waals surface area contributed by atoms with Gasteiger partial charge in [0.05, 0.1) is 17.2 Å². The molecule has 220 valence electrons. The molecule has 8 nitrogen and oxygen atoms in total. The molecule has 0 saturated heterocycles. The van der Waals surface area contributed by atoms with Gasteiger partial charge in [-0.1, -0.05) is 61.3 Å². The molecular formula is C31H38ClN3O5S. The van der Waals surface area contributed by atoms with E-state index in [1.807, 2.05) is 27.7 Å². The summed E-state index contributed by atoms with van der Waals surface area (Å²) in [4.78, 5) is 28.7. The highest BCUT2D eigenvalue weighted by Gasteiger charge is 2.33. The van der Waals surface area contributed by atoms with Gasteiger partial charge in [0.15, 0.2) is 0 Å². The number of rotatable bonds is 14. The minimum atomic E-state index is -4.17. The third-order valence-corrected chi connectivity index (χ3v) is 8.71. The summed E-state index contributed by atoms with van der Waals surface area (Å²) in [6, 6.07) is 19.3. The van der Waals surface area contributed by atoms with Crippen LogP contribution in [-0.2, 0) is 26.2 Å². The van der Waals surface area contributed by atoms with E-state index in [1.54, 1.807) is 60.7 Å². The molecule has 41 heavy (non-hydrogen) atoms. The van der Waals surface area contributed by atoms with Gasteiger partial charge in [0, 0.05) is 18.1 Å². The minimum absolute atomic E-state index is 0.0136. The molecule has 0 saturated carbocycles. The number of hydrogen-bond acceptors (Lipinski definition) is 5. The number of hydrogen-bond donors (Lipinski definition) is 1. The number of ether oxygens (including phenoxy) is 1. The molecule has 0 aliphatic carbocycles. The summed E-state index contributed by atoms with van der Waals surface area (Å²) in [6.45, 7) is 7.94. The van der Waals surface area contributed by atoms with Crippen molar-refractivity contribution in [1.29, 1.82) is 0 Å². The Morgan fingerprint density at radius 2 is 1.61 bits per heavy atom. The molecule has 0 fully saturated rings. The third-order valence-electron chi connectivity index (χ3n) is 6.56. The van der Waals surface area contributed by atoms with Crippen LogP contribution >= 0.6 is 11.6 Å². The zero-order valence-electron chi connectivity index (χ0n) is 24.0. The molecule has 3 aromatic carbocycles. The molecule has 1 atom stereocenters. The fraction of sp³-hybridized carbons (Fsp3) is 0.355. The van der Waals surface area contributed by atoms with Crippen LogP contribution in [-0.4, -0.2) is 50.9 Å². The van der Waals surface area contributed by atoms with Gasteiger partial charge in [0.25, 0.3) is 10.0 Å². The highest BCUT2D eigenvalue weighted by Crippen LogP contribution is 2.27. The second-order valence-electron chi connectivity index (χ2n) is 9.58. The number of amides is 2. The number of anilines is 1. The summed E-state index contributed by atoms with van der Waals surface area (Å²) < 4.78 is 34.5. The van der Waals surface area contributed by atoms with Crippen LogP contribution in [0.1, 0.15) is 44.7 Å². The predicted octanol–water partition coefficient (Wildman–Crippen LogP) is 5.58. The van der Waals surface area contributed by atoms with Crippen molar-refractivity contribution < 1.29 is 22.7 Å². The first kappa shape index (κ1) is 32.0. The zero-order valence-corrected chi connectivity index (χ0v) is 25.5. The smallest absolute Gasteiger partial charge is 0.264 e. The Bertz CT molecular complexity index is 1410. The Labute approximate surface area is 248 Å². The highest BCUT2D eigenvalue weighted by atomic mass is 35.5. The van der Waals surface area contributed by atoms with Crippen molar-refractivity contribution in [3.63, 3.8) is 0 Å². The number of sulfonamides is 1. The quantitative estimate of drug-likeness (QED) is 0.261. The molecule has 0 aliphatic heterocycles. The van der Waals surface area contributed by atoms with Crippen LogP contribution in [0.25, 0.3) is 0 Å². The van der Waals surface area contributed by atoms with E-state index in [-0.39, 0.29) is 17.3 Å². The van der Waals surface area contributed by atoms with Crippen molar-refractivity contribution in [3.8, 4) is 5.75 Å². The lowest BCUT2D eigenvalue weighted by Crippen LogP contribution is -2.52. The largest absolute Gasteiger partial charge is 0.494 e. The minimum Gasteiger partial charge on any atom is -0.494 e. The van der Waals surface area contributed by atoms with E-state index in [2.05, 4.69) is 5.32 Å². The van der Waals surface area contributed by atoms with Crippen LogP contribution < -0.4 is 14.4 Å². The number of carbonyl (C=O) groups is 2. The molecule has 0 spiro atoms. The lowest BCUT2D eigenvalue weighted by atomic mass is 10.1. The molecular weight excluding hydrogens is 562 g/mol. The summed E-state index contributed by atoms with van der Waals surface area (Å²) >= 11 is 6.43. The summed E-state index contributed by atoms with van der Waals surface area (Å²) in [5.74, 6) is -0.288. The number of benzene rings is 3. The Kier molecular flexibility index (Phi) is 11.6. The van der Waals surface area contributed by atoms with Gasteiger partial charge in [-0.05, 0) is 74.7 Å². The van der Waals surface area contributed by atoms with Gasteiger partial charge >= 0.3 is 0 Å². The molecule has 3 aromatic rings. The molecule has 2 amide bonds. The second kappa shape index (κ2) is 14.9. The molecule has 0 radical (unpaired) electrons. The van der Waals surface area contributed by atoms with Crippen LogP contribution in [0.5, 0.6) is 5.75 Å². The van der Waals surface area contributed by atoms with Crippen LogP contribution in [0.4, 0.5) is 5.69 Å². The van der Waals surface area contributed by atoms with E-state index in [4.69, 9.17) is 16.3 Å². The first-order valence-electron chi connectivity index (χ1n) is 13.7. The SMILES string of the molecule is CCCNC(=O)[C@@H](CC)N(Cc1ccccc1Cl)C(=O)CN(c1ccc(C)cc1)S(=O)(=O)c1ccc(OCC)cc1. The lowest BCUT2D eigenvalue weighted by Gasteiger charge is -2.33. The second-order valence-corrected chi connectivity index (χ2v) is 11.8. The Balaban J connectivity index is 2.05. The normalized spacial score (nSPS) is 11.9. The summed E-state index contributed by atoms with van der Waals surface area (Å²) in [5.41, 5.74) is 1.93. The number of nitrogens with one attached hydrogen (secondary N) is 1. The maximum Gasteiger partial charge on any atom is 0.264 e. The molecule has 0 heterocycles. The summed E-state index contributed by atoms with van der Waals surface area (Å²) in [6.07, 6.45) is 1.07. The summed E-state index contributed by atoms with van der Waals surface area (Å²) in [5, 5.41) is 3.32. The molecule has 3 rings (SSSR count). The van der Waals surface area contributed by atoms with Crippen molar-refractivity contribution in [2.45, 2.75) is 58.0 Å². The monoisotopic (exact) mass is 599 g/mol. The number of nitrogens with zero attached hydrogens (tertiary/aromatic N) is 2. The Morgan fingerprint density at radius 3 is 2.20 bits per heavy atom. The molecule has 10 heteroatoms. The van der Waals surface area contributed by atoms with Crippen molar-refractivity contribution in [1.82, 2.24) is 10.2 Å². The van der Waals surface area contributed by atoms with Crippen molar-refractivity contribution in [3.05, 3.63) is 88.9 Å². The van der Waals surface area contributed by atoms with E-state index in [0.29, 0.717) is 41.6 Å². The Morgan fingerprint density at radius 1 is 0.951 bits per heavy atom. The van der Waals surface area contributed by atoms with Crippen LogP contribution in [0.15, 0.2) is 77.7 Å². The first-order chi connectivity index (χ1) is 19.6. The molecule has 0 aliphatic rings. The fourth-order valence-corrected chi connectivity index (χ4v) is 5.95. The van der Waals surface area contributed by atoms with Gasteiger partial charge in [-0.25, -0.2) is 8.42 Å². The predicted molar refractivity (Wildman–Crippen MR) is 163 cm³/mol. The van der Waals surface area contributed by atoms with Gasteiger partial charge in [-0.15, -0.1) is 0 Å². The molecule has 0 unspecified atom stereocenters. The van der Waals surface area contributed by atoms with Gasteiger partial charge in [0.1, 0.15) is 18.3 Å². The first-order valence-corrected chi connectivity index (χ1v) is 15.6. The van der Waals surface area contributed by atoms with Gasteiger partial charge in [-0.3, -0.25) is 13.9 Å². The zero-order chi connectivity index (χ0) is 30.0. The number of carbonyl (C=O) groups excluding carboxylic acids is 2. The summed E-state index contributed by atoms with van der Waals surface area (Å²) in [7, 11) is -4.17. The molecule has 1 N–H and O–H groups in total. The molecule has 0 aromatic heterocycles. The highest BCUT2D eigenvalue weighted by molar-refractivity contribution is 7.92. The number of halogens is 1. The standard InChI is InChI=1S/C31H38ClN3O5S/c1-5-20-33-31(37)29(6-2)34(21-24-10-8-9-11-28(24)32)30(36)22-35(25-14-12-23(4)13-15-25)41(38,39)27-18-16-26(17-19-27)40-7-3/h8-19,29H,5-7,20-22H2,1-4H3,(H,33,37)/t29-/m1/s1. The Hall–Kier alpha value is -3.56. The average molecular weight is 600 g/mol. The lowest BCUT2D eigenvalue weighted by molar-refractivity contribution is -0.140. The van der Waals surface area contributed by atoms with Crippen LogP contribution in [0, 0.1) is 6.92 Å². The topological polar surface area (TPSA) is 96.0 Å². The van der Waals surface area contributed by atoms with Gasteiger partial charge < -0.3 is 15.0 Å². The maximum absolute atomic E-state index is 14.1. The average Bonchev–Trinajstić information content (AvgIpc) is 2.96. The van der Waals surface area contributed by atoms with Crippen molar-refractivity contribution >= 4 is 39.1 Å². The van der Waals surface area contributed by atoms with E-state index < -0.39 is 28.5 Å². The fourth-order valence-electron chi connectivity index (χ4n) is 4.34. The van der Waals surface area contributed by atoms with Crippen molar-refractivity contribution in [2.75, 3.05) is 24.0 Å². The van der Waals surface area contributed by atoms with Gasteiger partial charge in [-0.2, -0.15) is 0 Å². The van der Waals surface area contributed by atoms with Crippen molar-refractivity contribution in [2.24, 2.45) is 0 Å². The molecule has 0 bridgehead atoms. The van der Waals surface area contributed by atoms with E-state index in [1.165, 1.54) is 17.0 Å². The van der Waals surface area contributed by atoms with E-state index >= 15 is 0 Å². The van der Waals surface area contributed by atoms with Crippen LogP contribution in [0.2, 0.25) is 5.02 Å². The third kappa shape index (κ3) is 8.24. The van der Waals surface area contributed by atoms with Gasteiger partial charge in [0.2, 0.25) is 11.8 Å². The van der Waals surface area contributed by atoms with E-state index in [9.17, 15) is 18.0 Å². The number of aryl methyl sites for hydroxylation is 1. The van der Waals surface area contributed by atoms with E-state index in [0.717, 1.165) is 16.3 Å². The maximum atomic E-state index is 14.1. The van der Waals surface area contributed by atoms with Crippen LogP contribution in [0.3, 0.4) is 0 Å².